The van der Waals surface area contributed by atoms with Gasteiger partial charge in [0.05, 0.1) is 22.4 Å². The Morgan fingerprint density at radius 3 is 2.10 bits per heavy atom. The zero-order valence-electron chi connectivity index (χ0n) is 16.7. The molecule has 160 valence electrons. The third-order valence-corrected chi connectivity index (χ3v) is 8.60. The maximum atomic E-state index is 13.1. The molecule has 2 aromatic carbocycles. The minimum Gasteiger partial charge on any atom is -0.274 e. The van der Waals surface area contributed by atoms with Crippen molar-refractivity contribution in [3.63, 3.8) is 0 Å². The lowest BCUT2D eigenvalue weighted by atomic mass is 9.75. The highest BCUT2D eigenvalue weighted by Gasteiger charge is 2.51. The summed E-state index contributed by atoms with van der Waals surface area (Å²) >= 11 is 5.89. The van der Waals surface area contributed by atoms with Gasteiger partial charge in [0.2, 0.25) is 21.8 Å². The summed E-state index contributed by atoms with van der Waals surface area (Å²) < 4.78 is 27.6. The summed E-state index contributed by atoms with van der Waals surface area (Å²) in [7, 11) is -3.65. The Kier molecular flexibility index (Phi) is 5.00. The van der Waals surface area contributed by atoms with Crippen molar-refractivity contribution in [1.29, 1.82) is 0 Å². The maximum absolute atomic E-state index is 13.1. The third kappa shape index (κ3) is 3.41. The molecule has 0 saturated carbocycles. The number of sulfonamides is 1. The van der Waals surface area contributed by atoms with Crippen LogP contribution in [0, 0.1) is 11.8 Å². The first-order valence-electron chi connectivity index (χ1n) is 10.2. The fraction of sp³-hybridized carbons (Fsp3) is 0.304. The summed E-state index contributed by atoms with van der Waals surface area (Å²) in [6, 6.07) is 15.1. The minimum absolute atomic E-state index is 0.149. The van der Waals surface area contributed by atoms with Crippen molar-refractivity contribution in [1.82, 2.24) is 4.31 Å². The Balaban J connectivity index is 1.39. The van der Waals surface area contributed by atoms with Crippen LogP contribution in [0.15, 0.2) is 70.6 Å². The van der Waals surface area contributed by atoms with Gasteiger partial charge in [0.1, 0.15) is 0 Å². The largest absolute Gasteiger partial charge is 0.274 e. The number of benzene rings is 2. The molecule has 2 atom stereocenters. The van der Waals surface area contributed by atoms with Crippen molar-refractivity contribution in [2.24, 2.45) is 11.8 Å². The van der Waals surface area contributed by atoms with E-state index in [1.54, 1.807) is 36.4 Å². The average Bonchev–Trinajstić information content (AvgIpc) is 3.02. The number of fused-ring (bicyclic) bond motifs is 1. The molecule has 31 heavy (non-hydrogen) atoms. The molecule has 2 amide bonds. The number of carbonyl (C=O) groups is 2. The number of hydrogen-bond donors (Lipinski definition) is 0. The average molecular weight is 457 g/mol. The second-order valence-electron chi connectivity index (χ2n) is 8.22. The van der Waals surface area contributed by atoms with Crippen LogP contribution in [0.3, 0.4) is 0 Å². The van der Waals surface area contributed by atoms with Gasteiger partial charge in [-0.05, 0) is 55.7 Å². The van der Waals surface area contributed by atoms with Crippen molar-refractivity contribution < 1.29 is 18.0 Å². The Morgan fingerprint density at radius 2 is 1.45 bits per heavy atom. The van der Waals surface area contributed by atoms with E-state index in [0.717, 1.165) is 11.1 Å². The minimum atomic E-state index is -3.65. The first kappa shape index (κ1) is 20.4. The quantitative estimate of drug-likeness (QED) is 0.522. The van der Waals surface area contributed by atoms with Crippen LogP contribution in [-0.2, 0) is 19.6 Å². The Morgan fingerprint density at radius 1 is 0.839 bits per heavy atom. The lowest BCUT2D eigenvalue weighted by Crippen LogP contribution is -2.40. The van der Waals surface area contributed by atoms with E-state index in [2.05, 4.69) is 0 Å². The van der Waals surface area contributed by atoms with E-state index in [0.29, 0.717) is 36.5 Å². The van der Waals surface area contributed by atoms with E-state index < -0.39 is 15.9 Å². The number of carbonyl (C=O) groups excluding carboxylic acids is 2. The van der Waals surface area contributed by atoms with Crippen molar-refractivity contribution in [3.05, 3.63) is 70.8 Å². The SMILES string of the molecule is O=C1[C@H]2CC3=C(C[C@H]2C(=O)N1c1ccccc1)CN(S(=O)(=O)c1ccc(Cl)cc1)CC3. The molecule has 0 aromatic heterocycles. The normalized spacial score (nSPS) is 24.4. The van der Waals surface area contributed by atoms with Gasteiger partial charge in [-0.1, -0.05) is 40.9 Å². The molecule has 0 spiro atoms. The summed E-state index contributed by atoms with van der Waals surface area (Å²) in [5.41, 5.74) is 2.69. The summed E-state index contributed by atoms with van der Waals surface area (Å²) in [4.78, 5) is 27.6. The van der Waals surface area contributed by atoms with Crippen LogP contribution in [0.1, 0.15) is 19.3 Å². The number of imide groups is 1. The van der Waals surface area contributed by atoms with Crippen molar-refractivity contribution >= 4 is 39.1 Å². The van der Waals surface area contributed by atoms with Gasteiger partial charge < -0.3 is 0 Å². The van der Waals surface area contributed by atoms with Crippen LogP contribution < -0.4 is 4.90 Å². The van der Waals surface area contributed by atoms with Crippen molar-refractivity contribution in [3.8, 4) is 0 Å². The summed E-state index contributed by atoms with van der Waals surface area (Å²) in [6.45, 7) is 0.627. The molecule has 1 aliphatic carbocycles. The van der Waals surface area contributed by atoms with E-state index in [4.69, 9.17) is 11.6 Å². The van der Waals surface area contributed by atoms with Crippen LogP contribution in [0.4, 0.5) is 5.69 Å². The lowest BCUT2D eigenvalue weighted by Gasteiger charge is -2.35. The number of nitrogens with zero attached hydrogens (tertiary/aromatic N) is 2. The van der Waals surface area contributed by atoms with Crippen molar-refractivity contribution in [2.45, 2.75) is 24.2 Å². The number of hydrogen-bond acceptors (Lipinski definition) is 4. The zero-order chi connectivity index (χ0) is 21.8. The van der Waals surface area contributed by atoms with Crippen LogP contribution >= 0.6 is 11.6 Å². The van der Waals surface area contributed by atoms with Gasteiger partial charge in [0.25, 0.3) is 0 Å². The fourth-order valence-corrected chi connectivity index (χ4v) is 6.42. The molecule has 2 aromatic rings. The number of rotatable bonds is 3. The van der Waals surface area contributed by atoms with Gasteiger partial charge in [-0.2, -0.15) is 4.31 Å². The van der Waals surface area contributed by atoms with Gasteiger partial charge in [-0.25, -0.2) is 8.42 Å². The predicted octanol–water partition coefficient (Wildman–Crippen LogP) is 3.63. The molecule has 8 heteroatoms. The van der Waals surface area contributed by atoms with Crippen LogP contribution in [0.5, 0.6) is 0 Å². The first-order chi connectivity index (χ1) is 14.9. The van der Waals surface area contributed by atoms with E-state index in [1.807, 2.05) is 6.07 Å². The Hall–Kier alpha value is -2.48. The topological polar surface area (TPSA) is 74.8 Å². The van der Waals surface area contributed by atoms with Gasteiger partial charge in [0.15, 0.2) is 0 Å². The van der Waals surface area contributed by atoms with E-state index >= 15 is 0 Å². The molecule has 3 aliphatic rings. The highest BCUT2D eigenvalue weighted by Crippen LogP contribution is 2.45. The maximum Gasteiger partial charge on any atom is 0.243 e. The summed E-state index contributed by atoms with van der Waals surface area (Å²) in [5.74, 6) is -1.12. The van der Waals surface area contributed by atoms with Gasteiger partial charge in [0, 0.05) is 18.1 Å². The molecule has 1 saturated heterocycles. The van der Waals surface area contributed by atoms with Crippen LogP contribution in [-0.4, -0.2) is 37.6 Å². The highest BCUT2D eigenvalue weighted by atomic mass is 35.5. The van der Waals surface area contributed by atoms with E-state index in [9.17, 15) is 18.0 Å². The molecule has 6 nitrogen and oxygen atoms in total. The molecule has 0 bridgehead atoms. The Bertz CT molecular complexity index is 1190. The fourth-order valence-electron chi connectivity index (χ4n) is 4.86. The van der Waals surface area contributed by atoms with Crippen LogP contribution in [0.25, 0.3) is 0 Å². The third-order valence-electron chi connectivity index (χ3n) is 6.49. The van der Waals surface area contributed by atoms with Crippen molar-refractivity contribution in [2.75, 3.05) is 18.0 Å². The smallest absolute Gasteiger partial charge is 0.243 e. The lowest BCUT2D eigenvalue weighted by molar-refractivity contribution is -0.122. The predicted molar refractivity (Wildman–Crippen MR) is 117 cm³/mol. The Labute approximate surface area is 186 Å². The molecule has 0 unspecified atom stereocenters. The first-order valence-corrected chi connectivity index (χ1v) is 12.1. The molecule has 1 fully saturated rings. The van der Waals surface area contributed by atoms with E-state index in [-0.39, 0.29) is 29.2 Å². The van der Waals surface area contributed by atoms with Gasteiger partial charge in [-0.3, -0.25) is 14.5 Å². The molecule has 5 rings (SSSR count). The summed E-state index contributed by atoms with van der Waals surface area (Å²) in [6.07, 6.45) is 1.54. The van der Waals surface area contributed by atoms with E-state index in [1.165, 1.54) is 21.3 Å². The summed E-state index contributed by atoms with van der Waals surface area (Å²) in [5, 5.41) is 0.480. The molecule has 2 heterocycles. The standard InChI is InChI=1S/C23H21ClN2O4S/c24-17-6-8-19(9-7-17)31(29,30)25-11-10-15-12-20-21(13-16(15)14-25)23(28)26(22(20)27)18-4-2-1-3-5-18/h1-9,20-21H,10-14H2/t20-,21+/m0/s1. The van der Waals surface area contributed by atoms with Gasteiger partial charge in [-0.15, -0.1) is 0 Å². The zero-order valence-corrected chi connectivity index (χ0v) is 18.3. The van der Waals surface area contributed by atoms with Gasteiger partial charge >= 0.3 is 0 Å². The number of amides is 2. The highest BCUT2D eigenvalue weighted by molar-refractivity contribution is 7.89. The second kappa shape index (κ2) is 7.58. The molecule has 0 radical (unpaired) electrons. The number of anilines is 1. The molecule has 0 N–H and O–H groups in total. The second-order valence-corrected chi connectivity index (χ2v) is 10.6. The van der Waals surface area contributed by atoms with Crippen LogP contribution in [0.2, 0.25) is 5.02 Å². The number of halogens is 1. The molecular weight excluding hydrogens is 436 g/mol. The molecular formula is C23H21ClN2O4S. The molecule has 2 aliphatic heterocycles. The monoisotopic (exact) mass is 456 g/mol. The number of para-hydroxylation sites is 1.